The molecular weight excluding hydrogens is 353 g/mol. The number of nitrogens with one attached hydrogen (secondary N) is 1. The van der Waals surface area contributed by atoms with Crippen molar-refractivity contribution in [3.05, 3.63) is 17.7 Å². The van der Waals surface area contributed by atoms with E-state index >= 15 is 0 Å². The fourth-order valence-corrected chi connectivity index (χ4v) is 2.83. The Kier molecular flexibility index (Phi) is 10.6. The van der Waals surface area contributed by atoms with Crippen LogP contribution in [0.4, 0.5) is 0 Å². The van der Waals surface area contributed by atoms with Crippen molar-refractivity contribution in [2.24, 2.45) is 0 Å². The van der Waals surface area contributed by atoms with Gasteiger partial charge in [0.2, 0.25) is 5.75 Å². The Balaban J connectivity index is 0.00000264. The van der Waals surface area contributed by atoms with Crippen molar-refractivity contribution in [1.82, 2.24) is 10.2 Å². The van der Waals surface area contributed by atoms with E-state index in [2.05, 4.69) is 16.3 Å². The van der Waals surface area contributed by atoms with Crippen molar-refractivity contribution in [1.29, 1.82) is 5.26 Å². The van der Waals surface area contributed by atoms with Gasteiger partial charge in [-0.15, -0.1) is 24.8 Å². The highest BCUT2D eigenvalue weighted by Gasteiger charge is 2.25. The van der Waals surface area contributed by atoms with Crippen LogP contribution >= 0.6 is 24.8 Å². The Morgan fingerprint density at radius 3 is 2.04 bits per heavy atom. The Bertz CT molecular complexity index is 521. The molecule has 1 atom stereocenters. The molecule has 0 bridgehead atoms. The first kappa shape index (κ1) is 22.6. The number of hydrogen-bond donors (Lipinski definition) is 1. The SMILES string of the molecule is COc1cc([C@@H](CC#N)N2CCNCC2)cc(OC)c1OC.Cl.Cl. The highest BCUT2D eigenvalue weighted by atomic mass is 35.5. The number of hydrogen-bond acceptors (Lipinski definition) is 6. The standard InChI is InChI=1S/C16H23N3O3.2ClH/c1-20-14-10-12(11-15(21-2)16(14)22-3)13(4-5-17)19-8-6-18-7-9-19;;/h10-11,13,18H,4,6-9H2,1-3H3;2*1H/t13-;;/m1../s1. The number of piperazine rings is 1. The van der Waals surface area contributed by atoms with E-state index in [-0.39, 0.29) is 30.9 Å². The number of rotatable bonds is 6. The van der Waals surface area contributed by atoms with E-state index in [0.29, 0.717) is 23.7 Å². The Morgan fingerprint density at radius 2 is 1.62 bits per heavy atom. The number of halogens is 2. The highest BCUT2D eigenvalue weighted by Crippen LogP contribution is 2.41. The van der Waals surface area contributed by atoms with Crippen LogP contribution in [0.5, 0.6) is 17.2 Å². The smallest absolute Gasteiger partial charge is 0.203 e. The number of methoxy groups -OCH3 is 3. The summed E-state index contributed by atoms with van der Waals surface area (Å²) < 4.78 is 16.2. The molecule has 6 nitrogen and oxygen atoms in total. The maximum Gasteiger partial charge on any atom is 0.203 e. The first-order valence-corrected chi connectivity index (χ1v) is 7.36. The molecule has 1 aliphatic rings. The molecule has 0 saturated carbocycles. The molecule has 1 saturated heterocycles. The Hall–Kier alpha value is -1.39. The number of nitrogens with zero attached hydrogens (tertiary/aromatic N) is 2. The molecule has 1 aromatic rings. The maximum absolute atomic E-state index is 9.20. The van der Waals surface area contributed by atoms with E-state index in [9.17, 15) is 5.26 Å². The summed E-state index contributed by atoms with van der Waals surface area (Å²) in [4.78, 5) is 2.32. The fourth-order valence-electron chi connectivity index (χ4n) is 2.83. The van der Waals surface area contributed by atoms with Gasteiger partial charge in [-0.2, -0.15) is 5.26 Å². The zero-order valence-electron chi connectivity index (χ0n) is 14.2. The summed E-state index contributed by atoms with van der Waals surface area (Å²) >= 11 is 0. The average Bonchev–Trinajstić information content (AvgIpc) is 2.59. The van der Waals surface area contributed by atoms with Gasteiger partial charge in [0.25, 0.3) is 0 Å². The maximum atomic E-state index is 9.20. The van der Waals surface area contributed by atoms with Crippen LogP contribution < -0.4 is 19.5 Å². The van der Waals surface area contributed by atoms with Crippen molar-refractivity contribution in [2.75, 3.05) is 47.5 Å². The predicted molar refractivity (Wildman–Crippen MR) is 98.0 cm³/mol. The molecule has 8 heteroatoms. The molecule has 24 heavy (non-hydrogen) atoms. The minimum atomic E-state index is 0. The van der Waals surface area contributed by atoms with Crippen molar-refractivity contribution in [3.63, 3.8) is 0 Å². The lowest BCUT2D eigenvalue weighted by Crippen LogP contribution is -2.45. The molecule has 1 heterocycles. The van der Waals surface area contributed by atoms with Crippen molar-refractivity contribution in [2.45, 2.75) is 12.5 Å². The second-order valence-corrected chi connectivity index (χ2v) is 5.12. The summed E-state index contributed by atoms with van der Waals surface area (Å²) in [5.41, 5.74) is 1.01. The van der Waals surface area contributed by atoms with E-state index in [1.165, 1.54) is 0 Å². The molecule has 0 spiro atoms. The summed E-state index contributed by atoms with van der Waals surface area (Å²) in [5, 5.41) is 12.5. The normalized spacial score (nSPS) is 15.2. The molecule has 0 aromatic heterocycles. The zero-order chi connectivity index (χ0) is 15.9. The van der Waals surface area contributed by atoms with Gasteiger partial charge in [-0.1, -0.05) is 0 Å². The van der Waals surface area contributed by atoms with E-state index in [1.807, 2.05) is 12.1 Å². The van der Waals surface area contributed by atoms with Gasteiger partial charge in [-0.25, -0.2) is 0 Å². The average molecular weight is 378 g/mol. The monoisotopic (exact) mass is 377 g/mol. The van der Waals surface area contributed by atoms with Gasteiger partial charge in [0.15, 0.2) is 11.5 Å². The molecule has 0 radical (unpaired) electrons. The lowest BCUT2D eigenvalue weighted by Gasteiger charge is -2.34. The van der Waals surface area contributed by atoms with Crippen LogP contribution in [-0.2, 0) is 0 Å². The molecular formula is C16H25Cl2N3O3. The van der Waals surface area contributed by atoms with Gasteiger partial charge in [-0.3, -0.25) is 4.90 Å². The van der Waals surface area contributed by atoms with Gasteiger partial charge < -0.3 is 19.5 Å². The molecule has 1 N–H and O–H groups in total. The third-order valence-corrected chi connectivity index (χ3v) is 3.95. The van der Waals surface area contributed by atoms with Gasteiger partial charge in [-0.05, 0) is 17.7 Å². The molecule has 2 rings (SSSR count). The minimum Gasteiger partial charge on any atom is -0.493 e. The summed E-state index contributed by atoms with van der Waals surface area (Å²) in [6, 6.07) is 6.19. The van der Waals surface area contributed by atoms with Crippen LogP contribution in [0, 0.1) is 11.3 Å². The largest absolute Gasteiger partial charge is 0.493 e. The molecule has 0 amide bonds. The van der Waals surface area contributed by atoms with E-state index in [1.54, 1.807) is 21.3 Å². The number of ether oxygens (including phenoxy) is 3. The van der Waals surface area contributed by atoms with Crippen LogP contribution in [0.2, 0.25) is 0 Å². The molecule has 1 aliphatic heterocycles. The molecule has 0 aliphatic carbocycles. The fraction of sp³-hybridized carbons (Fsp3) is 0.562. The van der Waals surface area contributed by atoms with Crippen LogP contribution in [0.3, 0.4) is 0 Å². The first-order valence-electron chi connectivity index (χ1n) is 7.36. The Labute approximate surface area is 155 Å². The summed E-state index contributed by atoms with van der Waals surface area (Å²) in [6.45, 7) is 3.71. The molecule has 1 aromatic carbocycles. The van der Waals surface area contributed by atoms with E-state index in [0.717, 1.165) is 31.7 Å². The topological polar surface area (TPSA) is 66.8 Å². The van der Waals surface area contributed by atoms with Crippen LogP contribution in [0.15, 0.2) is 12.1 Å². The molecule has 1 fully saturated rings. The lowest BCUT2D eigenvalue weighted by molar-refractivity contribution is 0.175. The summed E-state index contributed by atoms with van der Waals surface area (Å²) in [6.07, 6.45) is 0.429. The second-order valence-electron chi connectivity index (χ2n) is 5.12. The summed E-state index contributed by atoms with van der Waals surface area (Å²) in [7, 11) is 4.79. The number of benzene rings is 1. The molecule has 0 unspecified atom stereocenters. The third-order valence-electron chi connectivity index (χ3n) is 3.95. The van der Waals surface area contributed by atoms with Crippen LogP contribution in [0.1, 0.15) is 18.0 Å². The minimum absolute atomic E-state index is 0. The first-order chi connectivity index (χ1) is 10.7. The predicted octanol–water partition coefficient (Wildman–Crippen LogP) is 2.42. The Morgan fingerprint density at radius 1 is 1.08 bits per heavy atom. The summed E-state index contributed by atoms with van der Waals surface area (Å²) in [5.74, 6) is 1.81. The number of nitriles is 1. The van der Waals surface area contributed by atoms with Crippen molar-refractivity contribution < 1.29 is 14.2 Å². The van der Waals surface area contributed by atoms with Crippen molar-refractivity contribution >= 4 is 24.8 Å². The highest BCUT2D eigenvalue weighted by molar-refractivity contribution is 5.85. The zero-order valence-corrected chi connectivity index (χ0v) is 15.8. The molecule has 136 valence electrons. The van der Waals surface area contributed by atoms with Gasteiger partial charge >= 0.3 is 0 Å². The van der Waals surface area contributed by atoms with Crippen LogP contribution in [0.25, 0.3) is 0 Å². The van der Waals surface area contributed by atoms with E-state index < -0.39 is 0 Å². The lowest BCUT2D eigenvalue weighted by atomic mass is 10.0. The van der Waals surface area contributed by atoms with Crippen molar-refractivity contribution in [3.8, 4) is 23.3 Å². The quantitative estimate of drug-likeness (QED) is 0.820. The third kappa shape index (κ3) is 5.05. The van der Waals surface area contributed by atoms with Gasteiger partial charge in [0.1, 0.15) is 0 Å². The van der Waals surface area contributed by atoms with Crippen LogP contribution in [-0.4, -0.2) is 52.4 Å². The van der Waals surface area contributed by atoms with Gasteiger partial charge in [0, 0.05) is 32.2 Å². The second kappa shape index (κ2) is 11.2. The van der Waals surface area contributed by atoms with E-state index in [4.69, 9.17) is 14.2 Å². The van der Waals surface area contributed by atoms with Gasteiger partial charge in [0.05, 0.1) is 33.8 Å².